The number of rotatable bonds is 2. The van der Waals surface area contributed by atoms with E-state index >= 15 is 0 Å². The molecule has 3 aliphatic rings. The second-order valence-corrected chi connectivity index (χ2v) is 15.8. The third-order valence-corrected chi connectivity index (χ3v) is 11.2. The van der Waals surface area contributed by atoms with Crippen LogP contribution in [0.1, 0.15) is 97.2 Å². The molecule has 0 nitrogen and oxygen atoms in total. The molecule has 0 amide bonds. The fraction of sp³-hybridized carbons (Fsp3) is 0.244. The van der Waals surface area contributed by atoms with E-state index in [-0.39, 0.29) is 47.3 Å². The van der Waals surface area contributed by atoms with E-state index in [2.05, 4.69) is 110 Å². The predicted molar refractivity (Wildman–Crippen MR) is 194 cm³/mol. The van der Waals surface area contributed by atoms with E-state index in [1.165, 1.54) is 115 Å². The quantitative estimate of drug-likeness (QED) is 0.202. The van der Waals surface area contributed by atoms with Gasteiger partial charge in [-0.25, -0.2) is 17.2 Å². The summed E-state index contributed by atoms with van der Waals surface area (Å²) in [6, 6.07) is 28.9. The van der Waals surface area contributed by atoms with E-state index in [9.17, 15) is 8.78 Å². The van der Waals surface area contributed by atoms with E-state index in [0.717, 1.165) is 20.8 Å². The van der Waals surface area contributed by atoms with Gasteiger partial charge in [-0.3, -0.25) is 6.08 Å². The van der Waals surface area contributed by atoms with Crippen molar-refractivity contribution < 1.29 is 57.8 Å². The molecule has 0 atom stereocenters. The summed E-state index contributed by atoms with van der Waals surface area (Å²) >= 11 is 1.22. The average molecular weight is 783 g/mol. The van der Waals surface area contributed by atoms with E-state index < -0.39 is 0 Å². The Morgan fingerprint density at radius 1 is 0.680 bits per heavy atom. The zero-order chi connectivity index (χ0) is 34.5. The van der Waals surface area contributed by atoms with Gasteiger partial charge >= 0.3 is 108 Å². The summed E-state index contributed by atoms with van der Waals surface area (Å²) < 4.78 is 26.6. The maximum Gasteiger partial charge on any atom is -1.00 e. The molecular weight excluding hydrogens is 741 g/mol. The molecule has 0 aliphatic heterocycles. The third-order valence-electron chi connectivity index (χ3n) is 9.76. The molecule has 0 aromatic heterocycles. The zero-order valence-electron chi connectivity index (χ0n) is 30.0. The second kappa shape index (κ2) is 15.3. The third kappa shape index (κ3) is 8.02. The van der Waals surface area contributed by atoms with Crippen molar-refractivity contribution >= 4 is 14.4 Å². The Bertz CT molecular complexity index is 1960. The van der Waals surface area contributed by atoms with Crippen LogP contribution >= 0.6 is 0 Å². The summed E-state index contributed by atoms with van der Waals surface area (Å²) in [6.45, 7) is 17.9. The van der Waals surface area contributed by atoms with Crippen molar-refractivity contribution in [1.82, 2.24) is 0 Å². The van der Waals surface area contributed by atoms with Crippen LogP contribution in [0.25, 0.3) is 22.3 Å². The summed E-state index contributed by atoms with van der Waals surface area (Å²) in [6.07, 6.45) is 7.13. The zero-order valence-corrected chi connectivity index (χ0v) is 33.9. The minimum absolute atomic E-state index is 0. The number of hydrogen-bond donors (Lipinski definition) is 0. The molecule has 0 heterocycles. The van der Waals surface area contributed by atoms with Crippen molar-refractivity contribution in [3.8, 4) is 11.1 Å². The number of fused-ring (bicyclic) bond motifs is 5. The first-order valence-electron chi connectivity index (χ1n) is 16.6. The van der Waals surface area contributed by atoms with Gasteiger partial charge in [0.1, 0.15) is 0 Å². The van der Waals surface area contributed by atoms with Gasteiger partial charge in [0.05, 0.1) is 0 Å². The normalized spacial score (nSPS) is 14.9. The molecule has 0 radical (unpaired) electrons. The summed E-state index contributed by atoms with van der Waals surface area (Å²) in [4.78, 5) is 0. The molecule has 0 unspecified atom stereocenters. The van der Waals surface area contributed by atoms with Crippen molar-refractivity contribution in [2.75, 3.05) is 0 Å². The Hall–Kier alpha value is -3.10. The molecule has 0 fully saturated rings. The Balaban J connectivity index is 0.000000193. The maximum absolute atomic E-state index is 12.8. The molecule has 5 aromatic rings. The van der Waals surface area contributed by atoms with Crippen LogP contribution in [0.15, 0.2) is 97.1 Å². The van der Waals surface area contributed by atoms with Crippen LogP contribution in [0.4, 0.5) is 8.78 Å². The number of allylic oxidation sites excluding steroid dienone is 4. The van der Waals surface area contributed by atoms with Crippen molar-refractivity contribution in [1.29, 1.82) is 0 Å². The average Bonchev–Trinajstić information content (AvgIpc) is 3.72. The monoisotopic (exact) mass is 780 g/mol. The first kappa shape index (κ1) is 39.7. The first-order valence-corrected chi connectivity index (χ1v) is 17.8. The Labute approximate surface area is 324 Å². The summed E-state index contributed by atoms with van der Waals surface area (Å²) in [5, 5.41) is 0. The Kier molecular flexibility index (Phi) is 12.1. The number of benzene rings is 4. The van der Waals surface area contributed by atoms with Crippen LogP contribution < -0.4 is 24.8 Å². The topological polar surface area (TPSA) is 0 Å². The van der Waals surface area contributed by atoms with Crippen LogP contribution in [-0.4, -0.2) is 3.21 Å². The predicted octanol–water partition coefficient (Wildman–Crippen LogP) is 5.56. The SMILES string of the molecule is CC1=[C-]C(C)(C)c2cc3c(cc21)-c1cc2c(cc1C3)C(C)(C)C=C2C.Cc1c[cH-]c(C)c1.Fc1ccc([C](=[Zr+2])c2ccc(F)cc2)cc1.[Cl-].[Cl-]. The van der Waals surface area contributed by atoms with Gasteiger partial charge in [-0.1, -0.05) is 72.1 Å². The molecule has 0 spiro atoms. The van der Waals surface area contributed by atoms with Crippen molar-refractivity contribution in [2.45, 2.75) is 72.6 Å². The van der Waals surface area contributed by atoms with Gasteiger partial charge < -0.3 is 24.8 Å². The summed E-state index contributed by atoms with van der Waals surface area (Å²) in [5.74, 6) is -0.488. The maximum atomic E-state index is 12.8. The molecule has 0 bridgehead atoms. The fourth-order valence-corrected chi connectivity index (χ4v) is 8.21. The molecule has 5 aromatic carbocycles. The molecule has 0 saturated heterocycles. The summed E-state index contributed by atoms with van der Waals surface area (Å²) in [5.41, 5.74) is 19.2. The van der Waals surface area contributed by atoms with Gasteiger partial charge in [-0.2, -0.15) is 23.3 Å². The second-order valence-electron chi connectivity index (χ2n) is 14.6. The molecule has 0 saturated carbocycles. The fourth-order valence-electron chi connectivity index (χ4n) is 7.39. The molecule has 50 heavy (non-hydrogen) atoms. The molecule has 256 valence electrons. The van der Waals surface area contributed by atoms with Crippen molar-refractivity contribution in [2.24, 2.45) is 0 Å². The molecule has 5 heteroatoms. The molecule has 3 aliphatic carbocycles. The number of aryl methyl sites for hydroxylation is 2. The van der Waals surface area contributed by atoms with Gasteiger partial charge in [0, 0.05) is 5.41 Å². The molecule has 0 N–H and O–H groups in total. The standard InChI is InChI=1S/C25H25.C13H8F2.C7H9.2ClH.Zr/c1-14-12-24(3,4)22-8-16-7-17-9-23-19(15(2)13-25(23,5)6)11-21(17)20(16)10-18(14)22;14-12-5-1-10(2-6-12)9-11-3-7-13(15)8-4-11;1-6-3-4-7(2)5-6;;;/h8-12H,7H2,1-6H3;1-8H;3-5H,1-2H3;2*1H;/q-1;;-1;;;+2/p-2. The largest absolute Gasteiger partial charge is 1.00 e. The van der Waals surface area contributed by atoms with E-state index in [4.69, 9.17) is 0 Å². The van der Waals surface area contributed by atoms with E-state index in [0.29, 0.717) is 0 Å². The smallest absolute Gasteiger partial charge is 1.00 e. The summed E-state index contributed by atoms with van der Waals surface area (Å²) in [7, 11) is 0. The number of hydrogen-bond acceptors (Lipinski definition) is 0. The van der Waals surface area contributed by atoms with Crippen LogP contribution in [0.2, 0.25) is 0 Å². The van der Waals surface area contributed by atoms with Crippen molar-refractivity contribution in [3.63, 3.8) is 0 Å². The number of halogens is 4. The first-order chi connectivity index (χ1) is 22.6. The van der Waals surface area contributed by atoms with Gasteiger partial charge in [0.25, 0.3) is 0 Å². The minimum atomic E-state index is -0.244. The Morgan fingerprint density at radius 3 is 1.64 bits per heavy atom. The molecular formula is C45H42Cl2F2Zr-2. The minimum Gasteiger partial charge on any atom is -1.00 e. The van der Waals surface area contributed by atoms with Crippen LogP contribution in [0, 0.1) is 31.6 Å². The van der Waals surface area contributed by atoms with Gasteiger partial charge in [-0.05, 0) is 58.4 Å². The van der Waals surface area contributed by atoms with Crippen molar-refractivity contribution in [3.05, 3.63) is 170 Å². The van der Waals surface area contributed by atoms with Gasteiger partial charge in [0.15, 0.2) is 0 Å². The van der Waals surface area contributed by atoms with Gasteiger partial charge in [-0.15, -0.1) is 11.6 Å². The van der Waals surface area contributed by atoms with E-state index in [1.54, 1.807) is 24.3 Å². The van der Waals surface area contributed by atoms with Crippen LogP contribution in [0.3, 0.4) is 0 Å². The van der Waals surface area contributed by atoms with Crippen LogP contribution in [0.5, 0.6) is 0 Å². The van der Waals surface area contributed by atoms with Gasteiger partial charge in [0.2, 0.25) is 0 Å². The molecule has 8 rings (SSSR count). The van der Waals surface area contributed by atoms with Crippen LogP contribution in [-0.2, 0) is 41.5 Å². The Morgan fingerprint density at radius 2 is 1.18 bits per heavy atom. The van der Waals surface area contributed by atoms with E-state index in [1.807, 2.05) is 0 Å².